The molecular weight excluding hydrogens is 290 g/mol. The van der Waals surface area contributed by atoms with Crippen molar-refractivity contribution in [3.8, 4) is 5.75 Å². The van der Waals surface area contributed by atoms with E-state index < -0.39 is 10.2 Å². The van der Waals surface area contributed by atoms with Crippen LogP contribution in [0.1, 0.15) is 13.8 Å². The van der Waals surface area contributed by atoms with Crippen LogP contribution in [0, 0.1) is 5.92 Å². The van der Waals surface area contributed by atoms with Crippen LogP contribution in [0.25, 0.3) is 0 Å². The largest absolute Gasteiger partial charge is 0.493 e. The maximum absolute atomic E-state index is 12.3. The van der Waals surface area contributed by atoms with Crippen LogP contribution >= 0.6 is 0 Å². The van der Waals surface area contributed by atoms with Gasteiger partial charge in [-0.05, 0) is 18.1 Å². The summed E-state index contributed by atoms with van der Waals surface area (Å²) in [5.41, 5.74) is 0.523. The number of hydrogen-bond acceptors (Lipinski definition) is 4. The molecule has 1 saturated heterocycles. The molecule has 1 aliphatic heterocycles. The van der Waals surface area contributed by atoms with Gasteiger partial charge >= 0.3 is 10.2 Å². The van der Waals surface area contributed by atoms with E-state index in [9.17, 15) is 8.42 Å². The van der Waals surface area contributed by atoms with Crippen molar-refractivity contribution in [1.29, 1.82) is 0 Å². The maximum Gasteiger partial charge on any atom is 0.301 e. The van der Waals surface area contributed by atoms with Crippen molar-refractivity contribution in [2.75, 3.05) is 37.5 Å². The molecule has 1 fully saturated rings. The minimum Gasteiger partial charge on any atom is -0.493 e. The lowest BCUT2D eigenvalue weighted by molar-refractivity contribution is 0.271. The van der Waals surface area contributed by atoms with Crippen molar-refractivity contribution in [3.63, 3.8) is 0 Å². The second kappa shape index (κ2) is 7.11. The fraction of sp³-hybridized carbons (Fsp3) is 0.571. The van der Waals surface area contributed by atoms with Crippen molar-refractivity contribution in [3.05, 3.63) is 24.3 Å². The molecule has 118 valence electrons. The van der Waals surface area contributed by atoms with Gasteiger partial charge < -0.3 is 10.1 Å². The second-order valence-corrected chi connectivity index (χ2v) is 7.16. The third-order valence-electron chi connectivity index (χ3n) is 3.08. The van der Waals surface area contributed by atoms with Crippen LogP contribution < -0.4 is 14.8 Å². The molecule has 1 aromatic carbocycles. The highest BCUT2D eigenvalue weighted by molar-refractivity contribution is 7.90. The first-order valence-electron chi connectivity index (χ1n) is 7.19. The average Bonchev–Trinajstić information content (AvgIpc) is 2.46. The Bertz CT molecular complexity index is 554. The van der Waals surface area contributed by atoms with Gasteiger partial charge in [0.25, 0.3) is 0 Å². The van der Waals surface area contributed by atoms with Crippen molar-refractivity contribution >= 4 is 15.9 Å². The maximum atomic E-state index is 12.3. The molecule has 0 bridgehead atoms. The smallest absolute Gasteiger partial charge is 0.301 e. The quantitative estimate of drug-likeness (QED) is 0.830. The SMILES string of the molecule is CC(C)COc1cccc(NS(=O)(=O)N2CCNCC2)c1. The van der Waals surface area contributed by atoms with E-state index in [0.29, 0.717) is 50.1 Å². The molecule has 0 aromatic heterocycles. The van der Waals surface area contributed by atoms with Gasteiger partial charge in [0.2, 0.25) is 0 Å². The summed E-state index contributed by atoms with van der Waals surface area (Å²) in [7, 11) is -3.50. The number of hydrogen-bond donors (Lipinski definition) is 2. The van der Waals surface area contributed by atoms with Gasteiger partial charge in [-0.15, -0.1) is 0 Å². The van der Waals surface area contributed by atoms with Gasteiger partial charge in [0.05, 0.1) is 12.3 Å². The van der Waals surface area contributed by atoms with Crippen molar-refractivity contribution in [1.82, 2.24) is 9.62 Å². The molecular formula is C14H23N3O3S. The van der Waals surface area contributed by atoms with Crippen LogP contribution in [-0.4, -0.2) is 45.5 Å². The van der Waals surface area contributed by atoms with E-state index in [1.807, 2.05) is 6.07 Å². The lowest BCUT2D eigenvalue weighted by Crippen LogP contribution is -2.48. The zero-order chi connectivity index (χ0) is 15.3. The van der Waals surface area contributed by atoms with Gasteiger partial charge in [-0.2, -0.15) is 12.7 Å². The summed E-state index contributed by atoms with van der Waals surface area (Å²) < 4.78 is 34.2. The molecule has 0 unspecified atom stereocenters. The van der Waals surface area contributed by atoms with Gasteiger partial charge in [0.1, 0.15) is 5.75 Å². The molecule has 21 heavy (non-hydrogen) atoms. The Balaban J connectivity index is 2.02. The van der Waals surface area contributed by atoms with E-state index in [0.717, 1.165) is 0 Å². The molecule has 0 amide bonds. The van der Waals surface area contributed by atoms with E-state index in [-0.39, 0.29) is 0 Å². The predicted molar refractivity (Wildman–Crippen MR) is 83.8 cm³/mol. The fourth-order valence-electron chi connectivity index (χ4n) is 2.01. The lowest BCUT2D eigenvalue weighted by Gasteiger charge is -2.26. The molecule has 2 N–H and O–H groups in total. The topological polar surface area (TPSA) is 70.7 Å². The minimum atomic E-state index is -3.50. The zero-order valence-corrected chi connectivity index (χ0v) is 13.3. The number of benzene rings is 1. The Hall–Kier alpha value is -1.31. The van der Waals surface area contributed by atoms with E-state index in [1.165, 1.54) is 4.31 Å². The minimum absolute atomic E-state index is 0.422. The van der Waals surface area contributed by atoms with Gasteiger partial charge in [-0.25, -0.2) is 0 Å². The highest BCUT2D eigenvalue weighted by Crippen LogP contribution is 2.20. The summed E-state index contributed by atoms with van der Waals surface area (Å²) >= 11 is 0. The highest BCUT2D eigenvalue weighted by atomic mass is 32.2. The van der Waals surface area contributed by atoms with E-state index in [1.54, 1.807) is 18.2 Å². The number of anilines is 1. The van der Waals surface area contributed by atoms with Crippen LogP contribution in [0.5, 0.6) is 5.75 Å². The predicted octanol–water partition coefficient (Wildman–Crippen LogP) is 1.28. The van der Waals surface area contributed by atoms with Gasteiger partial charge in [0.15, 0.2) is 0 Å². The van der Waals surface area contributed by atoms with Gasteiger partial charge in [0, 0.05) is 32.2 Å². The summed E-state index contributed by atoms with van der Waals surface area (Å²) in [5, 5.41) is 3.13. The Morgan fingerprint density at radius 1 is 1.33 bits per heavy atom. The number of ether oxygens (including phenoxy) is 1. The number of nitrogens with zero attached hydrogens (tertiary/aromatic N) is 1. The normalized spacial score (nSPS) is 16.9. The summed E-state index contributed by atoms with van der Waals surface area (Å²) in [4.78, 5) is 0. The average molecular weight is 313 g/mol. The van der Waals surface area contributed by atoms with Crippen molar-refractivity contribution in [2.24, 2.45) is 5.92 Å². The summed E-state index contributed by atoms with van der Waals surface area (Å²) in [6.45, 7) is 7.07. The second-order valence-electron chi connectivity index (χ2n) is 5.49. The molecule has 1 heterocycles. The van der Waals surface area contributed by atoms with Crippen LogP contribution in [-0.2, 0) is 10.2 Å². The number of nitrogens with one attached hydrogen (secondary N) is 2. The monoisotopic (exact) mass is 313 g/mol. The van der Waals surface area contributed by atoms with E-state index in [4.69, 9.17) is 4.74 Å². The first kappa shape index (κ1) is 16.1. The molecule has 1 aromatic rings. The Morgan fingerprint density at radius 2 is 2.05 bits per heavy atom. The molecule has 0 saturated carbocycles. The van der Waals surface area contributed by atoms with Crippen LogP contribution in [0.3, 0.4) is 0 Å². The molecule has 0 radical (unpaired) electrons. The summed E-state index contributed by atoms with van der Waals surface area (Å²) in [6.07, 6.45) is 0. The zero-order valence-electron chi connectivity index (χ0n) is 12.5. The molecule has 2 rings (SSSR count). The third-order valence-corrected chi connectivity index (χ3v) is 4.62. The molecule has 1 aliphatic rings. The Labute approximate surface area is 126 Å². The highest BCUT2D eigenvalue weighted by Gasteiger charge is 2.23. The molecule has 7 heteroatoms. The molecule has 6 nitrogen and oxygen atoms in total. The third kappa shape index (κ3) is 4.87. The number of rotatable bonds is 6. The first-order chi connectivity index (χ1) is 9.97. The van der Waals surface area contributed by atoms with Gasteiger partial charge in [-0.3, -0.25) is 4.72 Å². The molecule has 0 atom stereocenters. The summed E-state index contributed by atoms with van der Waals surface area (Å²) in [6, 6.07) is 7.04. The van der Waals surface area contributed by atoms with Crippen LogP contribution in [0.15, 0.2) is 24.3 Å². The Morgan fingerprint density at radius 3 is 2.71 bits per heavy atom. The lowest BCUT2D eigenvalue weighted by atomic mass is 10.2. The Kier molecular flexibility index (Phi) is 5.44. The van der Waals surface area contributed by atoms with Crippen molar-refractivity contribution < 1.29 is 13.2 Å². The van der Waals surface area contributed by atoms with Crippen LogP contribution in [0.2, 0.25) is 0 Å². The van der Waals surface area contributed by atoms with Crippen molar-refractivity contribution in [2.45, 2.75) is 13.8 Å². The van der Waals surface area contributed by atoms with Crippen LogP contribution in [0.4, 0.5) is 5.69 Å². The first-order valence-corrected chi connectivity index (χ1v) is 8.63. The van der Waals surface area contributed by atoms with E-state index in [2.05, 4.69) is 23.9 Å². The molecule has 0 spiro atoms. The van der Waals surface area contributed by atoms with E-state index >= 15 is 0 Å². The summed E-state index contributed by atoms with van der Waals surface area (Å²) in [5.74, 6) is 1.09. The number of piperazine rings is 1. The standard InChI is InChI=1S/C14H23N3O3S/c1-12(2)11-20-14-5-3-4-13(10-14)16-21(18,19)17-8-6-15-7-9-17/h3-5,10,12,15-16H,6-9,11H2,1-2H3. The van der Waals surface area contributed by atoms with Gasteiger partial charge in [-0.1, -0.05) is 19.9 Å². The molecule has 0 aliphatic carbocycles. The fourth-order valence-corrected chi connectivity index (χ4v) is 3.23.